The smallest absolute Gasteiger partial charge is 0.404 e. The minimum Gasteiger partial charge on any atom is -0.501 e. The van der Waals surface area contributed by atoms with E-state index in [4.69, 9.17) is 10.5 Å². The van der Waals surface area contributed by atoms with E-state index in [-0.39, 0.29) is 24.9 Å². The molecule has 1 aliphatic rings. The van der Waals surface area contributed by atoms with Gasteiger partial charge in [-0.15, -0.1) is 0 Å². The number of carbonyl (C=O) groups is 2. The number of nitrogens with two attached hydrogens (primary N) is 1. The number of aliphatic hydroxyl groups is 1. The lowest BCUT2D eigenvalue weighted by Crippen LogP contribution is -2.51. The van der Waals surface area contributed by atoms with E-state index in [1.54, 1.807) is 0 Å². The van der Waals surface area contributed by atoms with Crippen LogP contribution in [0.3, 0.4) is 0 Å². The van der Waals surface area contributed by atoms with E-state index in [1.165, 1.54) is 24.3 Å². The Morgan fingerprint density at radius 3 is 2.54 bits per heavy atom. The molecule has 0 radical (unpaired) electrons. The molecule has 1 aromatic heterocycles. The molecule has 0 aliphatic heterocycles. The van der Waals surface area contributed by atoms with Crippen molar-refractivity contribution < 1.29 is 28.9 Å². The van der Waals surface area contributed by atoms with Crippen molar-refractivity contribution in [3.05, 3.63) is 57.5 Å². The SMILES string of the molecule is CC(C)(C)C(OC(N)=O)C1(c2nc(C(=O)NCc3ccc(F)cc3)c(O)c(=O)[nH]2)CCC(CO)C1. The van der Waals surface area contributed by atoms with Gasteiger partial charge in [-0.2, -0.15) is 0 Å². The second-order valence-corrected chi connectivity index (χ2v) is 10.1. The summed E-state index contributed by atoms with van der Waals surface area (Å²) in [5.74, 6) is -2.20. The zero-order valence-electron chi connectivity index (χ0n) is 19.9. The number of aromatic hydroxyl groups is 1. The number of rotatable bonds is 7. The number of nitrogens with zero attached hydrogens (tertiary/aromatic N) is 1. The molecule has 1 fully saturated rings. The first kappa shape index (κ1) is 26.1. The number of hydrogen-bond acceptors (Lipinski definition) is 7. The predicted molar refractivity (Wildman–Crippen MR) is 124 cm³/mol. The highest BCUT2D eigenvalue weighted by atomic mass is 19.1. The molecule has 1 heterocycles. The fourth-order valence-corrected chi connectivity index (χ4v) is 4.88. The Balaban J connectivity index is 2.04. The van der Waals surface area contributed by atoms with Crippen molar-refractivity contribution in [2.24, 2.45) is 17.1 Å². The average molecular weight is 491 g/mol. The quantitative estimate of drug-likeness (QED) is 0.396. The van der Waals surface area contributed by atoms with Crippen molar-refractivity contribution in [2.45, 2.75) is 58.1 Å². The van der Waals surface area contributed by atoms with Crippen molar-refractivity contribution in [2.75, 3.05) is 6.61 Å². The minimum absolute atomic E-state index is 0.00942. The molecule has 0 spiro atoms. The molecule has 6 N–H and O–H groups in total. The van der Waals surface area contributed by atoms with Gasteiger partial charge >= 0.3 is 6.09 Å². The summed E-state index contributed by atoms with van der Waals surface area (Å²) in [6.07, 6.45) is -0.607. The lowest BCUT2D eigenvalue weighted by atomic mass is 9.68. The Bertz CT molecular complexity index is 1140. The second-order valence-electron chi connectivity index (χ2n) is 10.1. The zero-order valence-corrected chi connectivity index (χ0v) is 19.9. The number of primary amides is 1. The maximum absolute atomic E-state index is 13.1. The number of halogens is 1. The van der Waals surface area contributed by atoms with Crippen LogP contribution in [0.15, 0.2) is 29.1 Å². The Morgan fingerprint density at radius 1 is 1.34 bits per heavy atom. The van der Waals surface area contributed by atoms with Crippen LogP contribution in [-0.4, -0.2) is 44.9 Å². The summed E-state index contributed by atoms with van der Waals surface area (Å²) in [6, 6.07) is 5.47. The molecular formula is C24H31FN4O6. The molecule has 3 rings (SSSR count). The Hall–Kier alpha value is -3.47. The highest BCUT2D eigenvalue weighted by Crippen LogP contribution is 2.50. The molecule has 11 heteroatoms. The Kier molecular flexibility index (Phi) is 7.49. The van der Waals surface area contributed by atoms with Crippen LogP contribution >= 0.6 is 0 Å². The third-order valence-electron chi connectivity index (χ3n) is 6.38. The number of amides is 2. The van der Waals surface area contributed by atoms with E-state index >= 15 is 0 Å². The normalized spacial score (nSPS) is 20.9. The van der Waals surface area contributed by atoms with Crippen molar-refractivity contribution in [1.29, 1.82) is 0 Å². The largest absolute Gasteiger partial charge is 0.501 e. The predicted octanol–water partition coefficient (Wildman–Crippen LogP) is 2.08. The fraction of sp³-hybridized carbons (Fsp3) is 0.500. The minimum atomic E-state index is -1.07. The zero-order chi connectivity index (χ0) is 26.0. The van der Waals surface area contributed by atoms with Crippen molar-refractivity contribution in [3.63, 3.8) is 0 Å². The van der Waals surface area contributed by atoms with Gasteiger partial charge in [-0.25, -0.2) is 14.2 Å². The van der Waals surface area contributed by atoms with Gasteiger partial charge in [0.25, 0.3) is 11.5 Å². The maximum Gasteiger partial charge on any atom is 0.404 e. The van der Waals surface area contributed by atoms with E-state index in [9.17, 15) is 29.0 Å². The van der Waals surface area contributed by atoms with Crippen LogP contribution in [0.4, 0.5) is 9.18 Å². The molecule has 1 aliphatic carbocycles. The van der Waals surface area contributed by atoms with Crippen LogP contribution < -0.4 is 16.6 Å². The van der Waals surface area contributed by atoms with Gasteiger partial charge in [0.15, 0.2) is 5.69 Å². The topological polar surface area (TPSA) is 168 Å². The van der Waals surface area contributed by atoms with Gasteiger partial charge in [0.2, 0.25) is 5.75 Å². The third-order valence-corrected chi connectivity index (χ3v) is 6.38. The monoisotopic (exact) mass is 490 g/mol. The van der Waals surface area contributed by atoms with Gasteiger partial charge in [0.05, 0.1) is 5.41 Å². The highest BCUT2D eigenvalue weighted by Gasteiger charge is 2.54. The molecule has 190 valence electrons. The van der Waals surface area contributed by atoms with Gasteiger partial charge in [-0.05, 0) is 42.9 Å². The summed E-state index contributed by atoms with van der Waals surface area (Å²) >= 11 is 0. The molecule has 1 aromatic carbocycles. The molecule has 10 nitrogen and oxygen atoms in total. The van der Waals surface area contributed by atoms with Gasteiger partial charge in [0, 0.05) is 18.6 Å². The summed E-state index contributed by atoms with van der Waals surface area (Å²) in [4.78, 5) is 44.3. The van der Waals surface area contributed by atoms with Crippen LogP contribution in [0.1, 0.15) is 61.9 Å². The summed E-state index contributed by atoms with van der Waals surface area (Å²) in [5, 5.41) is 22.7. The Labute approximate surface area is 201 Å². The number of benzene rings is 1. The molecule has 2 aromatic rings. The van der Waals surface area contributed by atoms with Crippen LogP contribution in [0.25, 0.3) is 0 Å². The van der Waals surface area contributed by atoms with Crippen molar-refractivity contribution in [1.82, 2.24) is 15.3 Å². The number of aliphatic hydroxyl groups excluding tert-OH is 1. The average Bonchev–Trinajstić information content (AvgIpc) is 3.23. The van der Waals surface area contributed by atoms with E-state index in [0.717, 1.165) is 0 Å². The molecular weight excluding hydrogens is 459 g/mol. The first-order valence-corrected chi connectivity index (χ1v) is 11.3. The third kappa shape index (κ3) is 5.61. The van der Waals surface area contributed by atoms with Gasteiger partial charge in [-0.3, -0.25) is 9.59 Å². The first-order chi connectivity index (χ1) is 16.4. The summed E-state index contributed by atoms with van der Waals surface area (Å²) in [7, 11) is 0. The second kappa shape index (κ2) is 10.0. The molecule has 35 heavy (non-hydrogen) atoms. The number of aromatic amines is 1. The summed E-state index contributed by atoms with van der Waals surface area (Å²) in [5.41, 5.74) is 2.82. The summed E-state index contributed by atoms with van der Waals surface area (Å²) in [6.45, 7) is 5.40. The molecule has 2 amide bonds. The maximum atomic E-state index is 13.1. The van der Waals surface area contributed by atoms with E-state index < -0.39 is 51.8 Å². The van der Waals surface area contributed by atoms with Crippen LogP contribution in [0.2, 0.25) is 0 Å². The fourth-order valence-electron chi connectivity index (χ4n) is 4.88. The van der Waals surface area contributed by atoms with Crippen LogP contribution in [0.5, 0.6) is 5.75 Å². The Morgan fingerprint density at radius 2 is 2.00 bits per heavy atom. The molecule has 0 bridgehead atoms. The lowest BCUT2D eigenvalue weighted by Gasteiger charge is -2.43. The van der Waals surface area contributed by atoms with E-state index in [2.05, 4.69) is 15.3 Å². The number of ether oxygens (including phenoxy) is 1. The molecule has 3 atom stereocenters. The van der Waals surface area contributed by atoms with E-state index in [0.29, 0.717) is 24.8 Å². The van der Waals surface area contributed by atoms with Crippen molar-refractivity contribution >= 4 is 12.0 Å². The standard InChI is InChI=1S/C24H31FN4O6/c1-23(2,3)20(35-22(26)34)24(9-8-14(10-24)12-30)21-28-16(17(31)19(33)29-21)18(32)27-11-13-4-6-15(25)7-5-13/h4-7,14,20,30-31H,8-12H2,1-3H3,(H2,26,34)(H,27,32)(H,28,29,33). The van der Waals surface area contributed by atoms with Gasteiger partial charge in [0.1, 0.15) is 17.7 Å². The number of hydrogen-bond donors (Lipinski definition) is 5. The van der Waals surface area contributed by atoms with Crippen LogP contribution in [-0.2, 0) is 16.7 Å². The van der Waals surface area contributed by atoms with Crippen LogP contribution in [0, 0.1) is 17.2 Å². The van der Waals surface area contributed by atoms with Gasteiger partial charge in [-0.1, -0.05) is 32.9 Å². The number of aromatic nitrogens is 2. The van der Waals surface area contributed by atoms with Crippen molar-refractivity contribution in [3.8, 4) is 5.75 Å². The molecule has 0 saturated heterocycles. The highest BCUT2D eigenvalue weighted by molar-refractivity contribution is 5.94. The number of H-pyrrole nitrogens is 1. The first-order valence-electron chi connectivity index (χ1n) is 11.3. The van der Waals surface area contributed by atoms with Gasteiger partial charge < -0.3 is 31.0 Å². The number of nitrogens with one attached hydrogen (secondary N) is 2. The molecule has 3 unspecified atom stereocenters. The molecule has 1 saturated carbocycles. The lowest BCUT2D eigenvalue weighted by molar-refractivity contribution is -0.0246. The number of carbonyl (C=O) groups excluding carboxylic acids is 2. The van der Waals surface area contributed by atoms with E-state index in [1.807, 2.05) is 20.8 Å². The summed E-state index contributed by atoms with van der Waals surface area (Å²) < 4.78 is 18.7.